The van der Waals surface area contributed by atoms with Gasteiger partial charge in [0.2, 0.25) is 5.91 Å². The average Bonchev–Trinajstić information content (AvgIpc) is 3.15. The number of nitrogens with zero attached hydrogens (tertiary/aromatic N) is 1. The van der Waals surface area contributed by atoms with Crippen molar-refractivity contribution in [1.29, 1.82) is 0 Å². The van der Waals surface area contributed by atoms with Gasteiger partial charge in [-0.25, -0.2) is 0 Å². The number of rotatable bonds is 6. The normalized spacial score (nSPS) is 27.7. The lowest BCUT2D eigenvalue weighted by Gasteiger charge is -2.23. The molecule has 4 nitrogen and oxygen atoms in total. The van der Waals surface area contributed by atoms with Gasteiger partial charge in [-0.2, -0.15) is 0 Å². The highest BCUT2D eigenvalue weighted by Crippen LogP contribution is 2.42. The lowest BCUT2D eigenvalue weighted by Crippen LogP contribution is -2.42. The average molecular weight is 342 g/mol. The first-order valence-corrected chi connectivity index (χ1v) is 9.95. The summed E-state index contributed by atoms with van der Waals surface area (Å²) in [5.74, 6) is 1.63. The zero-order chi connectivity index (χ0) is 17.2. The zero-order valence-corrected chi connectivity index (χ0v) is 15.0. The first kappa shape index (κ1) is 17.0. The molecule has 4 rings (SSSR count). The molecule has 0 aromatic heterocycles. The third-order valence-electron chi connectivity index (χ3n) is 6.38. The van der Waals surface area contributed by atoms with Crippen molar-refractivity contribution in [2.75, 3.05) is 13.1 Å². The summed E-state index contributed by atoms with van der Waals surface area (Å²) in [6.45, 7) is 2.28. The van der Waals surface area contributed by atoms with Crippen molar-refractivity contribution in [3.05, 3.63) is 35.4 Å². The molecule has 1 heterocycles. The fourth-order valence-corrected chi connectivity index (χ4v) is 4.79. The molecule has 0 unspecified atom stereocenters. The van der Waals surface area contributed by atoms with Gasteiger partial charge in [-0.3, -0.25) is 9.69 Å². The molecule has 1 saturated heterocycles. The number of aliphatic hydroxyl groups is 1. The molecule has 3 aliphatic rings. The van der Waals surface area contributed by atoms with Gasteiger partial charge in [0.15, 0.2) is 0 Å². The van der Waals surface area contributed by atoms with Crippen molar-refractivity contribution < 1.29 is 9.90 Å². The summed E-state index contributed by atoms with van der Waals surface area (Å²) >= 11 is 0. The van der Waals surface area contributed by atoms with Crippen molar-refractivity contribution in [2.24, 2.45) is 11.8 Å². The Balaban J connectivity index is 1.35. The quantitative estimate of drug-likeness (QED) is 0.835. The van der Waals surface area contributed by atoms with Crippen LogP contribution < -0.4 is 5.32 Å². The van der Waals surface area contributed by atoms with Gasteiger partial charge in [-0.05, 0) is 48.6 Å². The van der Waals surface area contributed by atoms with Crippen LogP contribution in [-0.2, 0) is 17.8 Å². The van der Waals surface area contributed by atoms with E-state index in [-0.39, 0.29) is 12.5 Å². The Bertz CT molecular complexity index is 590. The van der Waals surface area contributed by atoms with Gasteiger partial charge in [-0.15, -0.1) is 0 Å². The second-order valence-corrected chi connectivity index (χ2v) is 8.22. The minimum absolute atomic E-state index is 0.0502. The van der Waals surface area contributed by atoms with Gasteiger partial charge in [-0.1, -0.05) is 37.1 Å². The number of hydrogen-bond acceptors (Lipinski definition) is 3. The van der Waals surface area contributed by atoms with E-state index in [0.29, 0.717) is 18.4 Å². The van der Waals surface area contributed by atoms with Crippen LogP contribution in [0, 0.1) is 11.8 Å². The van der Waals surface area contributed by atoms with Crippen molar-refractivity contribution in [2.45, 2.75) is 63.6 Å². The number of carbonyl (C=O) groups is 1. The highest BCUT2D eigenvalue weighted by molar-refractivity contribution is 5.79. The zero-order valence-electron chi connectivity index (χ0n) is 15.0. The predicted molar refractivity (Wildman–Crippen MR) is 98.0 cm³/mol. The van der Waals surface area contributed by atoms with Crippen LogP contribution in [0.3, 0.4) is 0 Å². The third-order valence-corrected chi connectivity index (χ3v) is 6.38. The fourth-order valence-electron chi connectivity index (χ4n) is 4.79. The van der Waals surface area contributed by atoms with Gasteiger partial charge in [0.25, 0.3) is 0 Å². The molecule has 4 heteroatoms. The van der Waals surface area contributed by atoms with Crippen molar-refractivity contribution in [3.63, 3.8) is 0 Å². The summed E-state index contributed by atoms with van der Waals surface area (Å²) in [6.07, 6.45) is 8.55. The molecule has 2 aliphatic carbocycles. The molecular formula is C21H30N2O2. The Morgan fingerprint density at radius 1 is 1.04 bits per heavy atom. The lowest BCUT2D eigenvalue weighted by molar-refractivity contribution is -0.121. The van der Waals surface area contributed by atoms with Crippen molar-refractivity contribution in [1.82, 2.24) is 10.2 Å². The summed E-state index contributed by atoms with van der Waals surface area (Å²) < 4.78 is 0. The summed E-state index contributed by atoms with van der Waals surface area (Å²) in [7, 11) is 0. The minimum atomic E-state index is 0.0502. The van der Waals surface area contributed by atoms with Crippen molar-refractivity contribution in [3.8, 4) is 0 Å². The van der Waals surface area contributed by atoms with Crippen LogP contribution in [-0.4, -0.2) is 41.1 Å². The van der Waals surface area contributed by atoms with E-state index in [1.807, 2.05) is 24.3 Å². The number of carbonyl (C=O) groups excluding carboxylic acids is 1. The van der Waals surface area contributed by atoms with E-state index in [1.54, 1.807) is 0 Å². The molecule has 0 bridgehead atoms. The molecule has 1 aliphatic heterocycles. The van der Waals surface area contributed by atoms with Crippen LogP contribution in [0.4, 0.5) is 0 Å². The van der Waals surface area contributed by atoms with Gasteiger partial charge in [0, 0.05) is 25.2 Å². The van der Waals surface area contributed by atoms with E-state index >= 15 is 0 Å². The number of nitrogens with one attached hydrogen (secondary N) is 1. The third kappa shape index (κ3) is 4.06. The number of aliphatic hydroxyl groups excluding tert-OH is 1. The summed E-state index contributed by atoms with van der Waals surface area (Å²) in [5.41, 5.74) is 1.91. The maximum atomic E-state index is 12.6. The Kier molecular flexibility index (Phi) is 5.09. The first-order chi connectivity index (χ1) is 12.2. The van der Waals surface area contributed by atoms with Crippen molar-refractivity contribution >= 4 is 5.91 Å². The van der Waals surface area contributed by atoms with Gasteiger partial charge in [0.1, 0.15) is 0 Å². The van der Waals surface area contributed by atoms with E-state index in [0.717, 1.165) is 29.6 Å². The second-order valence-electron chi connectivity index (χ2n) is 8.22. The largest absolute Gasteiger partial charge is 0.392 e. The molecule has 0 spiro atoms. The predicted octanol–water partition coefficient (Wildman–Crippen LogP) is 2.49. The minimum Gasteiger partial charge on any atom is -0.392 e. The molecule has 1 aromatic rings. The van der Waals surface area contributed by atoms with E-state index < -0.39 is 0 Å². The molecular weight excluding hydrogens is 312 g/mol. The molecule has 2 saturated carbocycles. The van der Waals surface area contributed by atoms with Crippen LogP contribution in [0.1, 0.15) is 49.7 Å². The molecule has 0 radical (unpaired) electrons. The van der Waals surface area contributed by atoms with E-state index in [2.05, 4.69) is 10.2 Å². The first-order valence-electron chi connectivity index (χ1n) is 9.95. The van der Waals surface area contributed by atoms with Crippen LogP contribution in [0.15, 0.2) is 24.3 Å². The monoisotopic (exact) mass is 342 g/mol. The van der Waals surface area contributed by atoms with Crippen LogP contribution in [0.5, 0.6) is 0 Å². The molecule has 3 fully saturated rings. The number of benzene rings is 1. The van der Waals surface area contributed by atoms with E-state index in [9.17, 15) is 4.79 Å². The highest BCUT2D eigenvalue weighted by Gasteiger charge is 2.44. The van der Waals surface area contributed by atoms with E-state index in [4.69, 9.17) is 5.11 Å². The molecule has 1 amide bonds. The summed E-state index contributed by atoms with van der Waals surface area (Å²) in [6, 6.07) is 8.78. The molecule has 2 atom stereocenters. The standard InChI is InChI=1S/C21H30N2O2/c24-14-16-7-5-15(6-8-16)11-21(25)22-20-13-23(18-3-1-2-4-18)12-19(20)17-9-10-17/h5-8,17-20,24H,1-4,9-14H2,(H,22,25)/t19-,20+/m0/s1. The van der Waals surface area contributed by atoms with Crippen LogP contribution in [0.25, 0.3) is 0 Å². The number of likely N-dealkylation sites (tertiary alicyclic amines) is 1. The Morgan fingerprint density at radius 3 is 2.36 bits per heavy atom. The maximum Gasteiger partial charge on any atom is 0.224 e. The molecule has 1 aromatic carbocycles. The van der Waals surface area contributed by atoms with E-state index in [1.165, 1.54) is 45.1 Å². The Morgan fingerprint density at radius 2 is 1.72 bits per heavy atom. The molecule has 2 N–H and O–H groups in total. The Hall–Kier alpha value is -1.39. The fraction of sp³-hybridized carbons (Fsp3) is 0.667. The molecule has 136 valence electrons. The smallest absolute Gasteiger partial charge is 0.224 e. The van der Waals surface area contributed by atoms with Gasteiger partial charge in [0.05, 0.1) is 13.0 Å². The van der Waals surface area contributed by atoms with Gasteiger partial charge >= 0.3 is 0 Å². The summed E-state index contributed by atoms with van der Waals surface area (Å²) in [5, 5.41) is 12.5. The second kappa shape index (κ2) is 7.46. The molecule has 25 heavy (non-hydrogen) atoms. The maximum absolute atomic E-state index is 12.6. The van der Waals surface area contributed by atoms with Crippen LogP contribution >= 0.6 is 0 Å². The van der Waals surface area contributed by atoms with Crippen LogP contribution in [0.2, 0.25) is 0 Å². The number of amides is 1. The highest BCUT2D eigenvalue weighted by atomic mass is 16.3. The summed E-state index contributed by atoms with van der Waals surface area (Å²) in [4.78, 5) is 15.2. The number of hydrogen-bond donors (Lipinski definition) is 2. The Labute approximate surface area is 150 Å². The van der Waals surface area contributed by atoms with Gasteiger partial charge < -0.3 is 10.4 Å². The lowest BCUT2D eigenvalue weighted by atomic mass is 9.97. The topological polar surface area (TPSA) is 52.6 Å². The SMILES string of the molecule is O=C(Cc1ccc(CO)cc1)N[C@@H]1CN(C2CCCC2)C[C@H]1C1CC1.